The molecule has 0 aliphatic carbocycles. The topological polar surface area (TPSA) is 108 Å². The van der Waals surface area contributed by atoms with E-state index in [1.807, 2.05) is 0 Å². The summed E-state index contributed by atoms with van der Waals surface area (Å²) in [6.07, 6.45) is -4.48. The van der Waals surface area contributed by atoms with Gasteiger partial charge < -0.3 is 9.25 Å². The molecular weight excluding hydrogens is 315 g/mol. The minimum Gasteiger partial charge on any atom is -0.417 e. The minimum atomic E-state index is -4.48. The van der Waals surface area contributed by atoms with E-state index < -0.39 is 17.5 Å². The molecule has 0 atom stereocenters. The Hall–Kier alpha value is -3.40. The molecule has 116 valence electrons. The van der Waals surface area contributed by atoms with Crippen LogP contribution >= 0.6 is 0 Å². The molecule has 0 unspecified atom stereocenters. The SMILES string of the molecule is N#CC(C#N)=NOCc1nnc(-c2cccc(C(F)(F)F)c2)o1. The van der Waals surface area contributed by atoms with Crippen LogP contribution in [0.5, 0.6) is 0 Å². The fourth-order valence-corrected chi connectivity index (χ4v) is 1.48. The number of nitrogens with zero attached hydrogens (tertiary/aromatic N) is 5. The van der Waals surface area contributed by atoms with Crippen molar-refractivity contribution < 1.29 is 22.4 Å². The standard InChI is InChI=1S/C13H6F3N5O2/c14-13(15,16)9-3-1-2-8(4-9)12-20-19-11(23-12)7-22-21-10(5-17)6-18/h1-4H,7H2. The van der Waals surface area contributed by atoms with Gasteiger partial charge in [-0.3, -0.25) is 0 Å². The summed E-state index contributed by atoms with van der Waals surface area (Å²) in [5.41, 5.74) is -1.25. The van der Waals surface area contributed by atoms with Crippen molar-refractivity contribution in [2.75, 3.05) is 0 Å². The van der Waals surface area contributed by atoms with Gasteiger partial charge in [0.05, 0.1) is 5.56 Å². The number of halogens is 3. The van der Waals surface area contributed by atoms with Crippen LogP contribution in [0.15, 0.2) is 33.8 Å². The highest BCUT2D eigenvalue weighted by Gasteiger charge is 2.30. The van der Waals surface area contributed by atoms with Crippen molar-refractivity contribution in [2.24, 2.45) is 5.16 Å². The van der Waals surface area contributed by atoms with Crippen LogP contribution < -0.4 is 0 Å². The van der Waals surface area contributed by atoms with Crippen LogP contribution in [0.4, 0.5) is 13.2 Å². The maximum atomic E-state index is 12.6. The summed E-state index contributed by atoms with van der Waals surface area (Å²) in [6.45, 7) is -0.335. The molecule has 0 radical (unpaired) electrons. The van der Waals surface area contributed by atoms with E-state index in [0.717, 1.165) is 12.1 Å². The Morgan fingerprint density at radius 1 is 1.26 bits per heavy atom. The summed E-state index contributed by atoms with van der Waals surface area (Å²) in [6, 6.07) is 7.36. The van der Waals surface area contributed by atoms with Crippen molar-refractivity contribution in [3.63, 3.8) is 0 Å². The molecule has 2 rings (SSSR count). The molecule has 1 heterocycles. The lowest BCUT2D eigenvalue weighted by Crippen LogP contribution is -2.04. The van der Waals surface area contributed by atoms with E-state index in [1.54, 1.807) is 0 Å². The number of benzene rings is 1. The molecule has 1 aromatic heterocycles. The molecule has 0 aliphatic heterocycles. The molecule has 0 bridgehead atoms. The highest BCUT2D eigenvalue weighted by molar-refractivity contribution is 6.09. The summed E-state index contributed by atoms with van der Waals surface area (Å²) >= 11 is 0. The fraction of sp³-hybridized carbons (Fsp3) is 0.154. The lowest BCUT2D eigenvalue weighted by molar-refractivity contribution is -0.137. The van der Waals surface area contributed by atoms with Gasteiger partial charge in [-0.1, -0.05) is 11.2 Å². The Balaban J connectivity index is 2.13. The molecule has 0 aliphatic rings. The van der Waals surface area contributed by atoms with Crippen LogP contribution in [0, 0.1) is 22.7 Å². The monoisotopic (exact) mass is 321 g/mol. The second kappa shape index (κ2) is 6.58. The van der Waals surface area contributed by atoms with Gasteiger partial charge in [-0.15, -0.1) is 10.2 Å². The van der Waals surface area contributed by atoms with E-state index in [9.17, 15) is 13.2 Å². The van der Waals surface area contributed by atoms with E-state index in [2.05, 4.69) is 20.2 Å². The van der Waals surface area contributed by atoms with Gasteiger partial charge in [0.15, 0.2) is 6.61 Å². The van der Waals surface area contributed by atoms with Gasteiger partial charge >= 0.3 is 6.18 Å². The third kappa shape index (κ3) is 4.04. The van der Waals surface area contributed by atoms with E-state index >= 15 is 0 Å². The molecule has 2 aromatic rings. The molecule has 0 N–H and O–H groups in total. The normalized spacial score (nSPS) is 10.5. The molecule has 10 heteroatoms. The van der Waals surface area contributed by atoms with Crippen LogP contribution in [0.1, 0.15) is 11.5 Å². The zero-order valence-electron chi connectivity index (χ0n) is 11.2. The summed E-state index contributed by atoms with van der Waals surface area (Å²) in [5.74, 6) is -0.198. The Morgan fingerprint density at radius 3 is 2.65 bits per heavy atom. The predicted molar refractivity (Wildman–Crippen MR) is 68.2 cm³/mol. The van der Waals surface area contributed by atoms with Gasteiger partial charge in [-0.25, -0.2) is 0 Å². The average molecular weight is 321 g/mol. The minimum absolute atomic E-state index is 0.0728. The highest BCUT2D eigenvalue weighted by atomic mass is 19.4. The van der Waals surface area contributed by atoms with Crippen LogP contribution in [-0.4, -0.2) is 15.9 Å². The number of aromatic nitrogens is 2. The first-order valence-electron chi connectivity index (χ1n) is 5.94. The molecule has 23 heavy (non-hydrogen) atoms. The quantitative estimate of drug-likeness (QED) is 0.632. The first-order chi connectivity index (χ1) is 10.9. The van der Waals surface area contributed by atoms with Crippen molar-refractivity contribution in [1.29, 1.82) is 10.5 Å². The molecule has 0 saturated heterocycles. The Bertz CT molecular complexity index is 798. The van der Waals surface area contributed by atoms with Crippen molar-refractivity contribution in [3.8, 4) is 23.6 Å². The number of alkyl halides is 3. The van der Waals surface area contributed by atoms with Gasteiger partial charge in [-0.05, 0) is 18.2 Å². The lowest BCUT2D eigenvalue weighted by atomic mass is 10.1. The van der Waals surface area contributed by atoms with Crippen molar-refractivity contribution in [3.05, 3.63) is 35.7 Å². The van der Waals surface area contributed by atoms with Gasteiger partial charge in [0.2, 0.25) is 5.89 Å². The third-order valence-electron chi connectivity index (χ3n) is 2.46. The van der Waals surface area contributed by atoms with Gasteiger partial charge in [-0.2, -0.15) is 23.7 Å². The highest BCUT2D eigenvalue weighted by Crippen LogP contribution is 2.31. The van der Waals surface area contributed by atoms with Gasteiger partial charge in [0.25, 0.3) is 11.6 Å². The van der Waals surface area contributed by atoms with Crippen LogP contribution in [-0.2, 0) is 17.6 Å². The van der Waals surface area contributed by atoms with Crippen molar-refractivity contribution >= 4 is 5.71 Å². The molecule has 0 amide bonds. The molecule has 7 nitrogen and oxygen atoms in total. The second-order valence-corrected chi connectivity index (χ2v) is 4.02. The number of nitriles is 2. The predicted octanol–water partition coefficient (Wildman–Crippen LogP) is 2.68. The summed E-state index contributed by atoms with van der Waals surface area (Å²) in [4.78, 5) is 4.66. The molecule has 0 saturated carbocycles. The second-order valence-electron chi connectivity index (χ2n) is 4.02. The Morgan fingerprint density at radius 2 is 2.00 bits per heavy atom. The van der Waals surface area contributed by atoms with Crippen molar-refractivity contribution in [1.82, 2.24) is 10.2 Å². The zero-order chi connectivity index (χ0) is 16.9. The maximum absolute atomic E-state index is 12.6. The van der Waals surface area contributed by atoms with E-state index in [0.29, 0.717) is 0 Å². The third-order valence-corrected chi connectivity index (χ3v) is 2.46. The number of hydrogen-bond acceptors (Lipinski definition) is 7. The van der Waals surface area contributed by atoms with Gasteiger partial charge in [0, 0.05) is 5.56 Å². The Labute approximate surface area is 127 Å². The van der Waals surface area contributed by atoms with E-state index in [-0.39, 0.29) is 24.0 Å². The molecule has 1 aromatic carbocycles. The fourth-order valence-electron chi connectivity index (χ4n) is 1.48. The maximum Gasteiger partial charge on any atom is 0.416 e. The van der Waals surface area contributed by atoms with Crippen molar-refractivity contribution in [2.45, 2.75) is 12.8 Å². The van der Waals surface area contributed by atoms with E-state index in [4.69, 9.17) is 14.9 Å². The average Bonchev–Trinajstić information content (AvgIpc) is 3.00. The van der Waals surface area contributed by atoms with Crippen LogP contribution in [0.3, 0.4) is 0 Å². The lowest BCUT2D eigenvalue weighted by Gasteiger charge is -2.06. The summed E-state index contributed by atoms with van der Waals surface area (Å²) in [5, 5.41) is 27.3. The number of oxime groups is 1. The largest absolute Gasteiger partial charge is 0.417 e. The molecule has 0 fully saturated rings. The summed E-state index contributed by atoms with van der Waals surface area (Å²) in [7, 11) is 0. The zero-order valence-corrected chi connectivity index (χ0v) is 11.2. The first-order valence-corrected chi connectivity index (χ1v) is 5.94. The van der Waals surface area contributed by atoms with Crippen LogP contribution in [0.2, 0.25) is 0 Å². The smallest absolute Gasteiger partial charge is 0.416 e. The van der Waals surface area contributed by atoms with Gasteiger partial charge in [0.1, 0.15) is 12.1 Å². The van der Waals surface area contributed by atoms with E-state index in [1.165, 1.54) is 24.3 Å². The Kier molecular flexibility index (Phi) is 4.57. The number of rotatable bonds is 4. The number of hydrogen-bond donors (Lipinski definition) is 0. The molecular formula is C13H6F3N5O2. The van der Waals surface area contributed by atoms with Crippen LogP contribution in [0.25, 0.3) is 11.5 Å². The molecule has 0 spiro atoms. The summed E-state index contributed by atoms with van der Waals surface area (Å²) < 4.78 is 43.1. The first kappa shape index (κ1) is 16.0.